The highest BCUT2D eigenvalue weighted by Crippen LogP contribution is 2.19. The van der Waals surface area contributed by atoms with Crippen molar-refractivity contribution in [2.75, 3.05) is 32.9 Å². The molecule has 0 saturated carbocycles. The molecule has 6 heteroatoms. The molecule has 0 bridgehead atoms. The molecule has 27 heavy (non-hydrogen) atoms. The van der Waals surface area contributed by atoms with E-state index in [0.29, 0.717) is 12.2 Å². The number of ether oxygens (including phenoxy) is 1. The van der Waals surface area contributed by atoms with E-state index in [-0.39, 0.29) is 4.75 Å². The summed E-state index contributed by atoms with van der Waals surface area (Å²) in [7, 11) is 1.82. The fourth-order valence-corrected chi connectivity index (χ4v) is 3.52. The van der Waals surface area contributed by atoms with Crippen LogP contribution in [0.4, 0.5) is 0 Å². The number of benzene rings is 1. The average molecular weight is 393 g/mol. The van der Waals surface area contributed by atoms with Crippen LogP contribution in [0.5, 0.6) is 0 Å². The zero-order valence-corrected chi connectivity index (χ0v) is 18.5. The van der Waals surface area contributed by atoms with E-state index in [0.717, 1.165) is 38.7 Å². The molecule has 1 aromatic carbocycles. The van der Waals surface area contributed by atoms with E-state index < -0.39 is 0 Å². The highest BCUT2D eigenvalue weighted by atomic mass is 32.2. The van der Waals surface area contributed by atoms with Gasteiger partial charge in [-0.25, -0.2) is 0 Å². The number of aliphatic imine (C=N–C) groups is 1. The fraction of sp³-hybridized carbons (Fsp3) is 0.667. The highest BCUT2D eigenvalue weighted by molar-refractivity contribution is 7.99. The standard InChI is InChI=1S/C21H36N4OS/c1-16-12-25(13-17(2)26-16)14-19-10-8-7-9-18(19)11-23-20(22-5)24-15-21(3,4)27-6/h7-10,16-17H,11-15H2,1-6H3,(H2,22,23,24). The Bertz CT molecular complexity index is 610. The summed E-state index contributed by atoms with van der Waals surface area (Å²) in [6.45, 7) is 13.3. The molecule has 5 nitrogen and oxygen atoms in total. The predicted molar refractivity (Wildman–Crippen MR) is 118 cm³/mol. The number of hydrogen-bond donors (Lipinski definition) is 2. The van der Waals surface area contributed by atoms with E-state index in [1.165, 1.54) is 11.1 Å². The summed E-state index contributed by atoms with van der Waals surface area (Å²) in [6, 6.07) is 8.67. The minimum absolute atomic E-state index is 0.180. The largest absolute Gasteiger partial charge is 0.373 e. The van der Waals surface area contributed by atoms with E-state index in [4.69, 9.17) is 4.74 Å². The summed E-state index contributed by atoms with van der Waals surface area (Å²) in [5, 5.41) is 6.90. The first-order chi connectivity index (χ1) is 12.8. The SMILES string of the molecule is CN=C(NCc1ccccc1CN1CC(C)OC(C)C1)NCC(C)(C)SC. The maximum atomic E-state index is 5.86. The molecule has 1 aliphatic heterocycles. The van der Waals surface area contributed by atoms with Crippen LogP contribution in [-0.2, 0) is 17.8 Å². The van der Waals surface area contributed by atoms with Gasteiger partial charge in [0.15, 0.2) is 5.96 Å². The Morgan fingerprint density at radius 2 is 1.81 bits per heavy atom. The van der Waals surface area contributed by atoms with Crippen molar-refractivity contribution in [3.8, 4) is 0 Å². The summed E-state index contributed by atoms with van der Waals surface area (Å²) in [4.78, 5) is 6.86. The summed E-state index contributed by atoms with van der Waals surface area (Å²) in [5.41, 5.74) is 2.68. The molecule has 2 N–H and O–H groups in total. The fourth-order valence-electron chi connectivity index (χ4n) is 3.31. The molecule has 1 aliphatic rings. The van der Waals surface area contributed by atoms with Crippen molar-refractivity contribution in [3.63, 3.8) is 0 Å². The topological polar surface area (TPSA) is 48.9 Å². The lowest BCUT2D eigenvalue weighted by molar-refractivity contribution is -0.0705. The molecule has 2 atom stereocenters. The van der Waals surface area contributed by atoms with Crippen molar-refractivity contribution in [3.05, 3.63) is 35.4 Å². The zero-order valence-electron chi connectivity index (χ0n) is 17.7. The van der Waals surface area contributed by atoms with Crippen LogP contribution in [-0.4, -0.2) is 60.8 Å². The lowest BCUT2D eigenvalue weighted by atomic mass is 10.1. The Labute approximate surface area is 169 Å². The van der Waals surface area contributed by atoms with Crippen LogP contribution in [0.1, 0.15) is 38.8 Å². The van der Waals surface area contributed by atoms with Crippen molar-refractivity contribution in [1.82, 2.24) is 15.5 Å². The summed E-state index contributed by atoms with van der Waals surface area (Å²) in [5.74, 6) is 0.848. The maximum Gasteiger partial charge on any atom is 0.191 e. The molecule has 1 fully saturated rings. The Kier molecular flexibility index (Phi) is 8.45. The molecule has 1 aromatic rings. The molecule has 0 radical (unpaired) electrons. The Balaban J connectivity index is 1.94. The lowest BCUT2D eigenvalue weighted by Crippen LogP contribution is -2.45. The van der Waals surface area contributed by atoms with Crippen molar-refractivity contribution >= 4 is 17.7 Å². The summed E-state index contributed by atoms with van der Waals surface area (Å²) < 4.78 is 6.04. The lowest BCUT2D eigenvalue weighted by Gasteiger charge is -2.35. The van der Waals surface area contributed by atoms with Crippen LogP contribution in [0.2, 0.25) is 0 Å². The van der Waals surface area contributed by atoms with Crippen LogP contribution in [0.25, 0.3) is 0 Å². The van der Waals surface area contributed by atoms with Gasteiger partial charge in [0.05, 0.1) is 12.2 Å². The normalized spacial score (nSPS) is 21.9. The second kappa shape index (κ2) is 10.3. The van der Waals surface area contributed by atoms with Crippen LogP contribution in [0.15, 0.2) is 29.3 Å². The van der Waals surface area contributed by atoms with E-state index in [1.54, 1.807) is 0 Å². The maximum absolute atomic E-state index is 5.86. The second-order valence-corrected chi connectivity index (χ2v) is 9.48. The smallest absolute Gasteiger partial charge is 0.191 e. The zero-order chi connectivity index (χ0) is 19.9. The van der Waals surface area contributed by atoms with Crippen molar-refractivity contribution in [2.45, 2.75) is 57.7 Å². The van der Waals surface area contributed by atoms with Crippen molar-refractivity contribution in [2.24, 2.45) is 4.99 Å². The quantitative estimate of drug-likeness (QED) is 0.552. The van der Waals surface area contributed by atoms with Gasteiger partial charge in [0.1, 0.15) is 0 Å². The molecular weight excluding hydrogens is 356 g/mol. The first-order valence-electron chi connectivity index (χ1n) is 9.77. The van der Waals surface area contributed by atoms with Crippen molar-refractivity contribution in [1.29, 1.82) is 0 Å². The number of morpholine rings is 1. The molecule has 0 aromatic heterocycles. The minimum atomic E-state index is 0.180. The average Bonchev–Trinajstić information content (AvgIpc) is 2.62. The Morgan fingerprint density at radius 3 is 2.41 bits per heavy atom. The molecule has 0 spiro atoms. The van der Waals surface area contributed by atoms with Crippen LogP contribution < -0.4 is 10.6 Å². The van der Waals surface area contributed by atoms with Gasteiger partial charge >= 0.3 is 0 Å². The van der Waals surface area contributed by atoms with Gasteiger partial charge in [-0.1, -0.05) is 24.3 Å². The van der Waals surface area contributed by atoms with E-state index >= 15 is 0 Å². The van der Waals surface area contributed by atoms with Gasteiger partial charge in [-0.3, -0.25) is 9.89 Å². The van der Waals surface area contributed by atoms with Crippen LogP contribution in [0.3, 0.4) is 0 Å². The molecule has 2 unspecified atom stereocenters. The molecular formula is C21H36N4OS. The van der Waals surface area contributed by atoms with Crippen LogP contribution >= 0.6 is 11.8 Å². The Hall–Kier alpha value is -1.24. The molecule has 0 aliphatic carbocycles. The molecule has 1 saturated heterocycles. The van der Waals surface area contributed by atoms with Gasteiger partial charge < -0.3 is 15.4 Å². The van der Waals surface area contributed by atoms with E-state index in [1.807, 2.05) is 18.8 Å². The first kappa shape index (κ1) is 22.1. The number of thioether (sulfide) groups is 1. The Morgan fingerprint density at radius 1 is 1.19 bits per heavy atom. The molecule has 0 amide bonds. The van der Waals surface area contributed by atoms with E-state index in [2.05, 4.69) is 78.7 Å². The van der Waals surface area contributed by atoms with E-state index in [9.17, 15) is 0 Å². The monoisotopic (exact) mass is 392 g/mol. The predicted octanol–water partition coefficient (Wildman–Crippen LogP) is 3.10. The second-order valence-electron chi connectivity index (χ2n) is 7.96. The number of rotatable bonds is 7. The highest BCUT2D eigenvalue weighted by Gasteiger charge is 2.22. The first-order valence-corrected chi connectivity index (χ1v) is 11.0. The molecule has 152 valence electrons. The third-order valence-corrected chi connectivity index (χ3v) is 6.16. The number of hydrogen-bond acceptors (Lipinski definition) is 4. The number of guanidine groups is 1. The van der Waals surface area contributed by atoms with Gasteiger partial charge in [0, 0.05) is 44.5 Å². The van der Waals surface area contributed by atoms with Crippen LogP contribution in [0, 0.1) is 0 Å². The summed E-state index contributed by atoms with van der Waals surface area (Å²) >= 11 is 1.86. The number of nitrogens with zero attached hydrogens (tertiary/aromatic N) is 2. The summed E-state index contributed by atoms with van der Waals surface area (Å²) in [6.07, 6.45) is 2.73. The third-order valence-electron chi connectivity index (χ3n) is 4.91. The third kappa shape index (κ3) is 7.35. The molecule has 2 rings (SSSR count). The minimum Gasteiger partial charge on any atom is -0.373 e. The van der Waals surface area contributed by atoms with Gasteiger partial charge in [-0.05, 0) is 45.1 Å². The van der Waals surface area contributed by atoms with Gasteiger partial charge in [-0.15, -0.1) is 0 Å². The van der Waals surface area contributed by atoms with Crippen molar-refractivity contribution < 1.29 is 4.74 Å². The van der Waals surface area contributed by atoms with Gasteiger partial charge in [-0.2, -0.15) is 11.8 Å². The van der Waals surface area contributed by atoms with Gasteiger partial charge in [0.25, 0.3) is 0 Å². The van der Waals surface area contributed by atoms with Gasteiger partial charge in [0.2, 0.25) is 0 Å². The molecule has 1 heterocycles. The number of nitrogens with one attached hydrogen (secondary N) is 2.